The van der Waals surface area contributed by atoms with Gasteiger partial charge in [0.1, 0.15) is 0 Å². The van der Waals surface area contributed by atoms with Gasteiger partial charge < -0.3 is 5.32 Å². The Labute approximate surface area is 105 Å². The Kier molecular flexibility index (Phi) is 4.41. The number of alkyl halides is 4. The maximum atomic E-state index is 12.7. The van der Waals surface area contributed by atoms with E-state index in [4.69, 9.17) is 0 Å². The molecule has 0 fully saturated rings. The normalized spacial score (nSPS) is 12.0. The topological polar surface area (TPSA) is 12.0 Å². The van der Waals surface area contributed by atoms with E-state index in [-0.39, 0.29) is 0 Å². The molecule has 1 nitrogen and oxygen atoms in total. The van der Waals surface area contributed by atoms with E-state index in [0.717, 1.165) is 15.6 Å². The van der Waals surface area contributed by atoms with Crippen LogP contribution >= 0.6 is 15.9 Å². The quantitative estimate of drug-likeness (QED) is 0.813. The van der Waals surface area contributed by atoms with Crippen molar-refractivity contribution in [3.63, 3.8) is 0 Å². The maximum absolute atomic E-state index is 12.7. The van der Waals surface area contributed by atoms with E-state index in [1.807, 2.05) is 0 Å². The van der Waals surface area contributed by atoms with Crippen LogP contribution in [0.3, 0.4) is 0 Å². The molecule has 0 heterocycles. The Morgan fingerprint density at radius 3 is 2.12 bits per heavy atom. The van der Waals surface area contributed by atoms with E-state index in [0.29, 0.717) is 5.69 Å². The van der Waals surface area contributed by atoms with Crippen molar-refractivity contribution in [3.05, 3.63) is 27.7 Å². The van der Waals surface area contributed by atoms with E-state index in [1.165, 1.54) is 0 Å². The van der Waals surface area contributed by atoms with E-state index in [1.54, 1.807) is 26.0 Å². The number of benzene rings is 1. The van der Waals surface area contributed by atoms with Crippen LogP contribution in [0.1, 0.15) is 11.1 Å². The molecule has 0 atom stereocenters. The van der Waals surface area contributed by atoms with E-state index in [2.05, 4.69) is 21.2 Å². The van der Waals surface area contributed by atoms with Gasteiger partial charge in [-0.1, -0.05) is 15.9 Å². The highest BCUT2D eigenvalue weighted by atomic mass is 79.9. The highest BCUT2D eigenvalue weighted by Gasteiger charge is 2.40. The van der Waals surface area contributed by atoms with Crippen LogP contribution in [-0.2, 0) is 0 Å². The van der Waals surface area contributed by atoms with Gasteiger partial charge in [0.05, 0.1) is 6.54 Å². The molecular formula is C11H12BrF4N. The van der Waals surface area contributed by atoms with Gasteiger partial charge in [0, 0.05) is 10.2 Å². The molecule has 0 saturated heterocycles. The fourth-order valence-electron chi connectivity index (χ4n) is 1.35. The molecule has 1 aromatic rings. The summed E-state index contributed by atoms with van der Waals surface area (Å²) >= 11 is 3.33. The zero-order chi connectivity index (χ0) is 13.2. The van der Waals surface area contributed by atoms with Gasteiger partial charge in [0.15, 0.2) is 0 Å². The molecule has 6 heteroatoms. The largest absolute Gasteiger partial charge is 0.379 e. The summed E-state index contributed by atoms with van der Waals surface area (Å²) in [6.07, 6.45) is -3.66. The van der Waals surface area contributed by atoms with Crippen LogP contribution in [0, 0.1) is 13.8 Å². The van der Waals surface area contributed by atoms with E-state index in [9.17, 15) is 17.6 Å². The number of aryl methyl sites for hydroxylation is 2. The first kappa shape index (κ1) is 14.3. The molecule has 0 aliphatic carbocycles. The zero-order valence-corrected chi connectivity index (χ0v) is 10.9. The first-order valence-corrected chi connectivity index (χ1v) is 5.70. The summed E-state index contributed by atoms with van der Waals surface area (Å²) in [6, 6.07) is 3.25. The number of hydrogen-bond acceptors (Lipinski definition) is 1. The number of nitrogens with one attached hydrogen (secondary N) is 1. The van der Waals surface area contributed by atoms with Crippen molar-refractivity contribution < 1.29 is 17.6 Å². The second kappa shape index (κ2) is 5.25. The van der Waals surface area contributed by atoms with Crippen LogP contribution in [0.15, 0.2) is 16.6 Å². The van der Waals surface area contributed by atoms with E-state index >= 15 is 0 Å². The minimum absolute atomic E-state index is 0.406. The van der Waals surface area contributed by atoms with Gasteiger partial charge in [0.2, 0.25) is 0 Å². The van der Waals surface area contributed by atoms with Crippen molar-refractivity contribution in [1.29, 1.82) is 0 Å². The summed E-state index contributed by atoms with van der Waals surface area (Å²) in [5, 5.41) is 2.32. The SMILES string of the molecule is Cc1cc(NCC(F)(F)C(F)F)cc(C)c1Br. The van der Waals surface area contributed by atoms with Crippen molar-refractivity contribution in [2.45, 2.75) is 26.2 Å². The van der Waals surface area contributed by atoms with Crippen LogP contribution in [0.2, 0.25) is 0 Å². The first-order chi connectivity index (χ1) is 7.74. The predicted octanol–water partition coefficient (Wildman–Crippen LogP) is 4.38. The summed E-state index contributed by atoms with van der Waals surface area (Å²) in [5.41, 5.74) is 2.12. The molecule has 0 bridgehead atoms. The average Bonchev–Trinajstić information content (AvgIpc) is 2.22. The summed E-state index contributed by atoms with van der Waals surface area (Å²) < 4.78 is 50.1. The highest BCUT2D eigenvalue weighted by Crippen LogP contribution is 2.27. The summed E-state index contributed by atoms with van der Waals surface area (Å²) in [6.45, 7) is 2.52. The second-order valence-electron chi connectivity index (χ2n) is 3.84. The van der Waals surface area contributed by atoms with Crippen LogP contribution in [0.5, 0.6) is 0 Å². The number of hydrogen-bond donors (Lipinski definition) is 1. The van der Waals surface area contributed by atoms with E-state index < -0.39 is 18.9 Å². The van der Waals surface area contributed by atoms with Crippen LogP contribution < -0.4 is 5.32 Å². The lowest BCUT2D eigenvalue weighted by atomic mass is 10.1. The van der Waals surface area contributed by atoms with Gasteiger partial charge in [-0.15, -0.1) is 0 Å². The molecule has 1 aromatic carbocycles. The van der Waals surface area contributed by atoms with Gasteiger partial charge in [-0.05, 0) is 37.1 Å². The molecule has 0 aliphatic rings. The first-order valence-electron chi connectivity index (χ1n) is 4.90. The third-order valence-electron chi connectivity index (χ3n) is 2.28. The highest BCUT2D eigenvalue weighted by molar-refractivity contribution is 9.10. The average molecular weight is 314 g/mol. The molecule has 0 saturated carbocycles. The van der Waals surface area contributed by atoms with Crippen LogP contribution in [0.4, 0.5) is 23.2 Å². The van der Waals surface area contributed by atoms with Crippen LogP contribution in [-0.4, -0.2) is 18.9 Å². The molecule has 1 N–H and O–H groups in total. The fourth-order valence-corrected chi connectivity index (χ4v) is 1.57. The molecule has 0 amide bonds. The molecule has 0 aromatic heterocycles. The Balaban J connectivity index is 2.77. The maximum Gasteiger partial charge on any atom is 0.324 e. The lowest BCUT2D eigenvalue weighted by Gasteiger charge is -2.17. The molecule has 1 rings (SSSR count). The molecule has 0 aliphatic heterocycles. The molecular weight excluding hydrogens is 302 g/mol. The molecule has 17 heavy (non-hydrogen) atoms. The Morgan fingerprint density at radius 2 is 1.71 bits per heavy atom. The minimum Gasteiger partial charge on any atom is -0.379 e. The number of halogens is 5. The van der Waals surface area contributed by atoms with Crippen molar-refractivity contribution in [3.8, 4) is 0 Å². The van der Waals surface area contributed by atoms with Crippen molar-refractivity contribution in [2.24, 2.45) is 0 Å². The smallest absolute Gasteiger partial charge is 0.324 e. The predicted molar refractivity (Wildman–Crippen MR) is 63.1 cm³/mol. The molecule has 96 valence electrons. The van der Waals surface area contributed by atoms with Crippen molar-refractivity contribution in [1.82, 2.24) is 0 Å². The van der Waals surface area contributed by atoms with Crippen LogP contribution in [0.25, 0.3) is 0 Å². The molecule has 0 spiro atoms. The Bertz CT molecular complexity index is 383. The Morgan fingerprint density at radius 1 is 1.24 bits per heavy atom. The standard InChI is InChI=1S/C11H12BrF4N/c1-6-3-8(4-7(2)9(6)12)17-5-11(15,16)10(13)14/h3-4,10,17H,5H2,1-2H3. The van der Waals surface area contributed by atoms with Gasteiger partial charge in [0.25, 0.3) is 0 Å². The van der Waals surface area contributed by atoms with Gasteiger partial charge in [-0.25, -0.2) is 8.78 Å². The zero-order valence-electron chi connectivity index (χ0n) is 9.33. The lowest BCUT2D eigenvalue weighted by molar-refractivity contribution is -0.117. The number of anilines is 1. The molecule has 0 radical (unpaired) electrons. The summed E-state index contributed by atoms with van der Waals surface area (Å²) in [4.78, 5) is 0. The number of rotatable bonds is 4. The van der Waals surface area contributed by atoms with Crippen molar-refractivity contribution >= 4 is 21.6 Å². The minimum atomic E-state index is -4.02. The summed E-state index contributed by atoms with van der Waals surface area (Å²) in [5.74, 6) is -4.02. The molecule has 0 unspecified atom stereocenters. The third-order valence-corrected chi connectivity index (χ3v) is 3.53. The second-order valence-corrected chi connectivity index (χ2v) is 4.63. The van der Waals surface area contributed by atoms with Gasteiger partial charge in [-0.2, -0.15) is 8.78 Å². The lowest BCUT2D eigenvalue weighted by Crippen LogP contribution is -2.34. The fraction of sp³-hybridized carbons (Fsp3) is 0.455. The Hall–Kier alpha value is -0.780. The van der Waals surface area contributed by atoms with Gasteiger partial charge >= 0.3 is 12.3 Å². The monoisotopic (exact) mass is 313 g/mol. The van der Waals surface area contributed by atoms with Crippen molar-refractivity contribution in [2.75, 3.05) is 11.9 Å². The third kappa shape index (κ3) is 3.59. The summed E-state index contributed by atoms with van der Waals surface area (Å²) in [7, 11) is 0. The van der Waals surface area contributed by atoms with Gasteiger partial charge in [-0.3, -0.25) is 0 Å².